The molecule has 0 fully saturated rings. The molecule has 0 unspecified atom stereocenters. The Morgan fingerprint density at radius 1 is 0.897 bits per heavy atom. The molecule has 0 aliphatic rings. The number of nitrogens with one attached hydrogen (secondary N) is 2. The van der Waals surface area contributed by atoms with Gasteiger partial charge in [-0.25, -0.2) is 5.43 Å². The first-order valence-corrected chi connectivity index (χ1v) is 12.0. The average molecular weight is 520 g/mol. The minimum absolute atomic E-state index is 0.0122. The lowest BCUT2D eigenvalue weighted by atomic mass is 10.1. The summed E-state index contributed by atoms with van der Waals surface area (Å²) in [6.07, 6.45) is 6.69. The van der Waals surface area contributed by atoms with Gasteiger partial charge in [0.2, 0.25) is 0 Å². The van der Waals surface area contributed by atoms with Crippen LogP contribution >= 0.6 is 0 Å². The molecule has 1 heterocycles. The largest absolute Gasteiger partial charge is 0.317 e. The van der Waals surface area contributed by atoms with Crippen LogP contribution < -0.4 is 10.7 Å². The second-order valence-corrected chi connectivity index (χ2v) is 8.45. The van der Waals surface area contributed by atoms with Gasteiger partial charge < -0.3 is 9.88 Å². The van der Waals surface area contributed by atoms with Gasteiger partial charge in [-0.05, 0) is 60.5 Å². The quantitative estimate of drug-likeness (QED) is 0.103. The van der Waals surface area contributed by atoms with Crippen LogP contribution in [0.2, 0.25) is 0 Å². The van der Waals surface area contributed by atoms with Gasteiger partial charge in [0.25, 0.3) is 17.5 Å². The number of aromatic nitrogens is 1. The van der Waals surface area contributed by atoms with Crippen molar-refractivity contribution in [1.29, 1.82) is 0 Å². The molecule has 1 aromatic heterocycles. The highest BCUT2D eigenvalue weighted by Gasteiger charge is 2.14. The first kappa shape index (κ1) is 26.5. The van der Waals surface area contributed by atoms with Gasteiger partial charge in [-0.1, -0.05) is 54.6 Å². The monoisotopic (exact) mass is 519 g/mol. The number of carbonyl (C=O) groups excluding carboxylic acids is 2. The van der Waals surface area contributed by atoms with Crippen LogP contribution in [0.1, 0.15) is 28.5 Å². The zero-order chi connectivity index (χ0) is 27.6. The van der Waals surface area contributed by atoms with E-state index in [0.29, 0.717) is 16.9 Å². The molecular formula is C30H25N5O4. The van der Waals surface area contributed by atoms with E-state index in [4.69, 9.17) is 0 Å². The number of hydrazone groups is 1. The maximum Gasteiger partial charge on any atom is 0.287 e. The molecule has 2 N–H and O–H groups in total. The first-order chi connectivity index (χ1) is 18.9. The van der Waals surface area contributed by atoms with E-state index >= 15 is 0 Å². The van der Waals surface area contributed by atoms with E-state index in [1.54, 1.807) is 71.4 Å². The molecule has 0 radical (unpaired) electrons. The minimum Gasteiger partial charge on any atom is -0.317 e. The summed E-state index contributed by atoms with van der Waals surface area (Å²) in [5.74, 6) is -1.04. The van der Waals surface area contributed by atoms with Crippen molar-refractivity contribution >= 4 is 29.8 Å². The van der Waals surface area contributed by atoms with E-state index in [-0.39, 0.29) is 11.4 Å². The third kappa shape index (κ3) is 7.23. The lowest BCUT2D eigenvalue weighted by molar-refractivity contribution is -0.384. The highest BCUT2D eigenvalue weighted by molar-refractivity contribution is 6.03. The number of nitro groups is 1. The summed E-state index contributed by atoms with van der Waals surface area (Å²) in [4.78, 5) is 36.3. The molecule has 3 aromatic carbocycles. The van der Waals surface area contributed by atoms with Crippen LogP contribution in [0.25, 0.3) is 11.8 Å². The summed E-state index contributed by atoms with van der Waals surface area (Å²) >= 11 is 0. The van der Waals surface area contributed by atoms with Crippen molar-refractivity contribution in [2.45, 2.75) is 6.92 Å². The molecule has 0 saturated carbocycles. The number of rotatable bonds is 9. The Morgan fingerprint density at radius 2 is 1.56 bits per heavy atom. The molecule has 0 aliphatic heterocycles. The second kappa shape index (κ2) is 12.6. The van der Waals surface area contributed by atoms with Gasteiger partial charge in [0.15, 0.2) is 0 Å². The zero-order valence-electron chi connectivity index (χ0n) is 21.0. The fraction of sp³-hybridized carbons (Fsp3) is 0.0333. The van der Waals surface area contributed by atoms with Gasteiger partial charge in [0, 0.05) is 29.6 Å². The number of hydrogen-bond acceptors (Lipinski definition) is 5. The third-order valence-corrected chi connectivity index (χ3v) is 5.58. The van der Waals surface area contributed by atoms with E-state index < -0.39 is 16.7 Å². The van der Waals surface area contributed by atoms with Gasteiger partial charge in [-0.3, -0.25) is 19.7 Å². The SMILES string of the molecule is CC(/C=C(\NC(=O)c1ccccc1)C(=O)NN=Cc1cccn1-c1ccc([N+](=O)[O-])cc1)=C\c1ccccc1. The molecule has 0 spiro atoms. The summed E-state index contributed by atoms with van der Waals surface area (Å²) < 4.78 is 1.76. The molecule has 9 nitrogen and oxygen atoms in total. The van der Waals surface area contributed by atoms with E-state index in [1.807, 2.05) is 43.3 Å². The summed E-state index contributed by atoms with van der Waals surface area (Å²) in [5, 5.41) is 17.7. The first-order valence-electron chi connectivity index (χ1n) is 12.0. The maximum absolute atomic E-state index is 13.1. The normalized spacial score (nSPS) is 11.8. The summed E-state index contributed by atoms with van der Waals surface area (Å²) in [5.41, 5.74) is 5.90. The van der Waals surface area contributed by atoms with Crippen LogP contribution in [-0.4, -0.2) is 27.5 Å². The molecule has 0 aliphatic carbocycles. The average Bonchev–Trinajstić information content (AvgIpc) is 3.42. The predicted octanol–water partition coefficient (Wildman–Crippen LogP) is 5.25. The highest BCUT2D eigenvalue weighted by Crippen LogP contribution is 2.17. The Bertz CT molecular complexity index is 1550. The minimum atomic E-state index is -0.607. The molecule has 9 heteroatoms. The number of carbonyl (C=O) groups is 2. The second-order valence-electron chi connectivity index (χ2n) is 8.45. The number of hydrogen-bond donors (Lipinski definition) is 2. The molecule has 194 valence electrons. The molecule has 0 bridgehead atoms. The lowest BCUT2D eigenvalue weighted by Gasteiger charge is -2.10. The highest BCUT2D eigenvalue weighted by atomic mass is 16.6. The number of nitrogens with zero attached hydrogens (tertiary/aromatic N) is 3. The van der Waals surface area contributed by atoms with E-state index in [1.165, 1.54) is 18.3 Å². The van der Waals surface area contributed by atoms with E-state index in [2.05, 4.69) is 15.8 Å². The Kier molecular flexibility index (Phi) is 8.56. The fourth-order valence-corrected chi connectivity index (χ4v) is 3.71. The number of amides is 2. The van der Waals surface area contributed by atoms with Crippen molar-refractivity contribution in [2.24, 2.45) is 5.10 Å². The third-order valence-electron chi connectivity index (χ3n) is 5.58. The lowest BCUT2D eigenvalue weighted by Crippen LogP contribution is -2.33. The Morgan fingerprint density at radius 3 is 2.23 bits per heavy atom. The van der Waals surface area contributed by atoms with Gasteiger partial charge >= 0.3 is 0 Å². The van der Waals surface area contributed by atoms with Crippen molar-refractivity contribution in [2.75, 3.05) is 0 Å². The van der Waals surface area contributed by atoms with Crippen LogP contribution in [0, 0.1) is 10.1 Å². The smallest absolute Gasteiger partial charge is 0.287 e. The maximum atomic E-state index is 13.1. The Labute approximate surface area is 225 Å². The number of benzene rings is 3. The number of nitro benzene ring substituents is 1. The van der Waals surface area contributed by atoms with Crippen molar-refractivity contribution in [1.82, 2.24) is 15.3 Å². The van der Waals surface area contributed by atoms with Gasteiger partial charge in [-0.15, -0.1) is 0 Å². The topological polar surface area (TPSA) is 119 Å². The van der Waals surface area contributed by atoms with Crippen molar-refractivity contribution in [3.63, 3.8) is 0 Å². The summed E-state index contributed by atoms with van der Waals surface area (Å²) in [6.45, 7) is 1.83. The standard InChI is InChI=1S/C30H25N5O4/c1-22(19-23-9-4-2-5-10-23)20-28(32-29(36)24-11-6-3-7-12-24)30(37)33-31-21-27-13-8-18-34(27)25-14-16-26(17-15-25)35(38)39/h2-21H,1H3,(H,32,36)(H,33,37)/b22-19+,28-20-,31-21?. The number of non-ortho nitro benzene ring substituents is 1. The fourth-order valence-electron chi connectivity index (χ4n) is 3.71. The van der Waals surface area contributed by atoms with Gasteiger partial charge in [-0.2, -0.15) is 5.10 Å². The zero-order valence-corrected chi connectivity index (χ0v) is 21.0. The van der Waals surface area contributed by atoms with Crippen LogP contribution in [0.5, 0.6) is 0 Å². The van der Waals surface area contributed by atoms with E-state index in [0.717, 1.165) is 11.1 Å². The molecule has 4 aromatic rings. The summed E-state index contributed by atoms with van der Waals surface area (Å²) in [6, 6.07) is 27.8. The Hall–Kier alpha value is -5.57. The molecule has 2 amide bonds. The molecule has 0 atom stereocenters. The Balaban J connectivity index is 1.53. The molecule has 4 rings (SSSR count). The summed E-state index contributed by atoms with van der Waals surface area (Å²) in [7, 11) is 0. The van der Waals surface area contributed by atoms with Crippen LogP contribution in [0.15, 0.2) is 126 Å². The number of allylic oxidation sites excluding steroid dienone is 2. The van der Waals surface area contributed by atoms with Crippen molar-refractivity contribution in [3.8, 4) is 5.69 Å². The van der Waals surface area contributed by atoms with Crippen molar-refractivity contribution in [3.05, 3.63) is 148 Å². The van der Waals surface area contributed by atoms with Crippen LogP contribution in [0.4, 0.5) is 5.69 Å². The van der Waals surface area contributed by atoms with Crippen molar-refractivity contribution < 1.29 is 14.5 Å². The molecular weight excluding hydrogens is 494 g/mol. The predicted molar refractivity (Wildman–Crippen MR) is 150 cm³/mol. The molecule has 0 saturated heterocycles. The molecule has 39 heavy (non-hydrogen) atoms. The van der Waals surface area contributed by atoms with Crippen LogP contribution in [-0.2, 0) is 4.79 Å². The van der Waals surface area contributed by atoms with Gasteiger partial charge in [0.1, 0.15) is 5.70 Å². The van der Waals surface area contributed by atoms with Crippen LogP contribution in [0.3, 0.4) is 0 Å². The van der Waals surface area contributed by atoms with E-state index in [9.17, 15) is 19.7 Å². The van der Waals surface area contributed by atoms with Gasteiger partial charge in [0.05, 0.1) is 16.8 Å².